The van der Waals surface area contributed by atoms with Crippen LogP contribution in [0.25, 0.3) is 0 Å². The van der Waals surface area contributed by atoms with Gasteiger partial charge in [-0.15, -0.1) is 0 Å². The van der Waals surface area contributed by atoms with Gasteiger partial charge < -0.3 is 4.74 Å². The smallest absolute Gasteiger partial charge is 0.293 e. The third-order valence-electron chi connectivity index (χ3n) is 1.84. The zero-order valence-electron chi connectivity index (χ0n) is 10.1. The minimum absolute atomic E-state index is 0.318. The molecule has 0 aromatic rings. The number of hydrogen-bond donors (Lipinski definition) is 0. The van der Waals surface area contributed by atoms with Crippen molar-refractivity contribution in [1.82, 2.24) is 4.90 Å². The lowest BCUT2D eigenvalue weighted by molar-refractivity contribution is -0.138. The normalized spacial score (nSPS) is 15.6. The maximum atomic E-state index is 9.60. The second-order valence-corrected chi connectivity index (χ2v) is 4.39. The molecule has 1 aliphatic rings. The van der Waals surface area contributed by atoms with E-state index in [1.165, 1.54) is 6.42 Å². The van der Waals surface area contributed by atoms with Crippen LogP contribution in [-0.4, -0.2) is 42.8 Å². The average Bonchev–Trinajstić information content (AvgIpc) is 2.08. The van der Waals surface area contributed by atoms with Gasteiger partial charge in [0.25, 0.3) is 6.47 Å². The number of nitrogens with zero attached hydrogens (tertiary/aromatic N) is 3. The number of carbonyl (C=O) groups excluding carboxylic acids is 1. The van der Waals surface area contributed by atoms with Crippen LogP contribution in [0.4, 0.5) is 0 Å². The van der Waals surface area contributed by atoms with Crippen LogP contribution < -0.4 is 0 Å². The molecular weight excluding hydrogens is 206 g/mol. The van der Waals surface area contributed by atoms with E-state index in [9.17, 15) is 4.79 Å². The van der Waals surface area contributed by atoms with E-state index in [0.717, 1.165) is 19.6 Å². The van der Waals surface area contributed by atoms with E-state index in [1.807, 2.05) is 20.8 Å². The fraction of sp³-hybridized carbons (Fsp3) is 0.727. The van der Waals surface area contributed by atoms with Crippen molar-refractivity contribution in [3.8, 4) is 6.19 Å². The highest BCUT2D eigenvalue weighted by Gasteiger charge is 2.10. The first-order chi connectivity index (χ1) is 7.49. The number of likely N-dealkylation sites (tertiary alicyclic amines) is 1. The molecule has 5 heteroatoms. The summed E-state index contributed by atoms with van der Waals surface area (Å²) in [6.45, 7) is 9.09. The lowest BCUT2D eigenvalue weighted by Crippen LogP contribution is -2.38. The minimum Gasteiger partial charge on any atom is -0.462 e. The van der Waals surface area contributed by atoms with Crippen LogP contribution in [0.1, 0.15) is 27.2 Å². The van der Waals surface area contributed by atoms with Crippen LogP contribution in [0.15, 0.2) is 4.99 Å². The van der Waals surface area contributed by atoms with E-state index in [2.05, 4.69) is 14.6 Å². The second kappa shape index (κ2) is 7.83. The molecule has 0 atom stereocenters. The standard InChI is InChI=1S/C6H9N3.C5H10O2/c7-6-8-2-5-9-3-1-4-9;1-5(2,3)7-4-6/h2H,1,3-5H2;4H,1-3H3. The Bertz CT molecular complexity index is 259. The maximum absolute atomic E-state index is 9.60. The molecule has 90 valence electrons. The Morgan fingerprint density at radius 3 is 2.38 bits per heavy atom. The maximum Gasteiger partial charge on any atom is 0.293 e. The SMILES string of the molecule is CC(C)(C)OC=O.N#CN=CCN1CCC1. The van der Waals surface area contributed by atoms with Crippen LogP contribution in [0.5, 0.6) is 0 Å². The van der Waals surface area contributed by atoms with E-state index in [1.54, 1.807) is 12.4 Å². The lowest BCUT2D eigenvalue weighted by Gasteiger charge is -2.28. The van der Waals surface area contributed by atoms with Crippen LogP contribution >= 0.6 is 0 Å². The molecule has 1 rings (SSSR count). The van der Waals surface area contributed by atoms with Gasteiger partial charge in [0.2, 0.25) is 6.19 Å². The molecule has 0 aromatic carbocycles. The Morgan fingerprint density at radius 2 is 2.12 bits per heavy atom. The van der Waals surface area contributed by atoms with E-state index in [-0.39, 0.29) is 5.60 Å². The van der Waals surface area contributed by atoms with Crippen molar-refractivity contribution in [3.63, 3.8) is 0 Å². The molecule has 0 radical (unpaired) electrons. The molecule has 0 saturated carbocycles. The Labute approximate surface area is 96.7 Å². The molecule has 0 N–H and O–H groups in total. The summed E-state index contributed by atoms with van der Waals surface area (Å²) in [6, 6.07) is 0. The molecule has 0 bridgehead atoms. The number of hydrogen-bond acceptors (Lipinski definition) is 5. The van der Waals surface area contributed by atoms with Gasteiger partial charge in [-0.05, 0) is 40.3 Å². The Hall–Kier alpha value is -1.41. The van der Waals surface area contributed by atoms with E-state index >= 15 is 0 Å². The molecule has 1 heterocycles. The molecule has 5 nitrogen and oxygen atoms in total. The van der Waals surface area contributed by atoms with Crippen LogP contribution in [0.2, 0.25) is 0 Å². The van der Waals surface area contributed by atoms with Gasteiger partial charge in [-0.1, -0.05) is 0 Å². The highest BCUT2D eigenvalue weighted by molar-refractivity contribution is 5.60. The first kappa shape index (κ1) is 14.6. The van der Waals surface area contributed by atoms with Crippen molar-refractivity contribution >= 4 is 12.7 Å². The lowest BCUT2D eigenvalue weighted by atomic mass is 10.2. The van der Waals surface area contributed by atoms with Gasteiger partial charge in [-0.2, -0.15) is 10.3 Å². The Balaban J connectivity index is 0.000000293. The summed E-state index contributed by atoms with van der Waals surface area (Å²) >= 11 is 0. The summed E-state index contributed by atoms with van der Waals surface area (Å²) < 4.78 is 4.55. The predicted octanol–water partition coefficient (Wildman–Crippen LogP) is 1.20. The summed E-state index contributed by atoms with van der Waals surface area (Å²) in [5.74, 6) is 0. The first-order valence-corrected chi connectivity index (χ1v) is 5.24. The van der Waals surface area contributed by atoms with E-state index in [0.29, 0.717) is 6.47 Å². The van der Waals surface area contributed by atoms with Crippen molar-refractivity contribution in [1.29, 1.82) is 5.26 Å². The molecule has 0 amide bonds. The number of carbonyl (C=O) groups is 1. The number of rotatable bonds is 3. The summed E-state index contributed by atoms with van der Waals surface area (Å²) in [7, 11) is 0. The van der Waals surface area contributed by atoms with Crippen molar-refractivity contribution in [2.45, 2.75) is 32.8 Å². The van der Waals surface area contributed by atoms with E-state index in [4.69, 9.17) is 5.26 Å². The molecule has 1 fully saturated rings. The van der Waals surface area contributed by atoms with Gasteiger partial charge in [0.05, 0.1) is 0 Å². The first-order valence-electron chi connectivity index (χ1n) is 5.24. The molecule has 1 aliphatic heterocycles. The quantitative estimate of drug-likeness (QED) is 0.411. The van der Waals surface area contributed by atoms with Gasteiger partial charge in [0.15, 0.2) is 0 Å². The van der Waals surface area contributed by atoms with Crippen molar-refractivity contribution in [3.05, 3.63) is 0 Å². The molecular formula is C11H19N3O2. The average molecular weight is 225 g/mol. The van der Waals surface area contributed by atoms with Gasteiger partial charge in [0.1, 0.15) is 5.60 Å². The van der Waals surface area contributed by atoms with Gasteiger partial charge in [-0.25, -0.2) is 0 Å². The fourth-order valence-corrected chi connectivity index (χ4v) is 0.906. The number of nitriles is 1. The molecule has 0 spiro atoms. The van der Waals surface area contributed by atoms with E-state index < -0.39 is 0 Å². The van der Waals surface area contributed by atoms with Crippen LogP contribution in [0.3, 0.4) is 0 Å². The van der Waals surface area contributed by atoms with Crippen molar-refractivity contribution in [2.24, 2.45) is 4.99 Å². The minimum atomic E-state index is -0.318. The van der Waals surface area contributed by atoms with Crippen molar-refractivity contribution in [2.75, 3.05) is 19.6 Å². The monoisotopic (exact) mass is 225 g/mol. The summed E-state index contributed by atoms with van der Waals surface area (Å²) in [5.41, 5.74) is -0.318. The topological polar surface area (TPSA) is 65.7 Å². The highest BCUT2D eigenvalue weighted by atomic mass is 16.5. The predicted molar refractivity (Wildman–Crippen MR) is 62.1 cm³/mol. The third kappa shape index (κ3) is 9.16. The zero-order chi connectivity index (χ0) is 12.4. The molecule has 1 saturated heterocycles. The highest BCUT2D eigenvalue weighted by Crippen LogP contribution is 2.03. The van der Waals surface area contributed by atoms with Gasteiger partial charge in [-0.3, -0.25) is 9.69 Å². The van der Waals surface area contributed by atoms with Crippen LogP contribution in [0, 0.1) is 11.5 Å². The van der Waals surface area contributed by atoms with Gasteiger partial charge >= 0.3 is 0 Å². The van der Waals surface area contributed by atoms with Crippen LogP contribution in [-0.2, 0) is 9.53 Å². The van der Waals surface area contributed by atoms with Gasteiger partial charge in [0, 0.05) is 12.8 Å². The summed E-state index contributed by atoms with van der Waals surface area (Å²) in [4.78, 5) is 15.3. The Kier molecular flexibility index (Phi) is 7.14. The number of ether oxygens (including phenoxy) is 1. The molecule has 0 aromatic heterocycles. The largest absolute Gasteiger partial charge is 0.462 e. The third-order valence-corrected chi connectivity index (χ3v) is 1.84. The number of aliphatic imine (C=N–C) groups is 1. The fourth-order valence-electron chi connectivity index (χ4n) is 0.906. The second-order valence-electron chi connectivity index (χ2n) is 4.39. The summed E-state index contributed by atoms with van der Waals surface area (Å²) in [5, 5.41) is 8.00. The zero-order valence-corrected chi connectivity index (χ0v) is 10.1. The van der Waals surface area contributed by atoms with Crippen molar-refractivity contribution < 1.29 is 9.53 Å². The molecule has 0 aliphatic carbocycles. The summed E-state index contributed by atoms with van der Waals surface area (Å²) in [6.07, 6.45) is 4.66. The molecule has 16 heavy (non-hydrogen) atoms. The Morgan fingerprint density at radius 1 is 1.50 bits per heavy atom. The molecule has 0 unspecified atom stereocenters.